The van der Waals surface area contributed by atoms with Gasteiger partial charge >= 0.3 is 12.1 Å². The minimum atomic E-state index is -4.47. The summed E-state index contributed by atoms with van der Waals surface area (Å²) in [4.78, 5) is 27.9. The maximum Gasteiger partial charge on any atom is 0.416 e. The van der Waals surface area contributed by atoms with E-state index in [-0.39, 0.29) is 35.3 Å². The first-order chi connectivity index (χ1) is 13.0. The second-order valence-corrected chi connectivity index (χ2v) is 6.80. The van der Waals surface area contributed by atoms with Gasteiger partial charge in [0, 0.05) is 12.0 Å². The molecule has 2 rings (SSSR count). The number of ketones is 1. The number of alkyl halides is 3. The summed E-state index contributed by atoms with van der Waals surface area (Å²) in [6, 6.07) is 4.58. The number of rotatable bonds is 6. The van der Waals surface area contributed by atoms with Crippen LogP contribution in [0.1, 0.15) is 41.4 Å². The van der Waals surface area contributed by atoms with Crippen molar-refractivity contribution in [2.45, 2.75) is 32.9 Å². The van der Waals surface area contributed by atoms with Gasteiger partial charge < -0.3 is 9.84 Å². The van der Waals surface area contributed by atoms with Crippen molar-refractivity contribution in [3.05, 3.63) is 45.6 Å². The molecule has 0 aliphatic heterocycles. The lowest BCUT2D eigenvalue weighted by Gasteiger charge is -2.13. The molecule has 9 heteroatoms. The summed E-state index contributed by atoms with van der Waals surface area (Å²) in [5.74, 6) is -1.54. The molecular weight excluding hydrogens is 443 g/mol. The quantitative estimate of drug-likeness (QED) is 0.481. The van der Waals surface area contributed by atoms with E-state index in [0.29, 0.717) is 11.1 Å². The van der Waals surface area contributed by atoms with Crippen LogP contribution in [-0.4, -0.2) is 28.4 Å². The van der Waals surface area contributed by atoms with Crippen LogP contribution in [0.25, 0.3) is 11.3 Å². The molecule has 1 heterocycles. The van der Waals surface area contributed by atoms with E-state index in [4.69, 9.17) is 4.74 Å². The molecular formula is C19H17BrF3NO4. The van der Waals surface area contributed by atoms with Gasteiger partial charge in [-0.2, -0.15) is 13.2 Å². The Bertz CT molecular complexity index is 913. The van der Waals surface area contributed by atoms with E-state index in [1.807, 2.05) is 0 Å². The molecule has 0 fully saturated rings. The SMILES string of the molecule is CCOC(=O)CCC(=O)c1nc(-c2ccc(C(F)(F)F)cc2C)cc(Br)c1O. The summed E-state index contributed by atoms with van der Waals surface area (Å²) in [5, 5.41) is 10.1. The standard InChI is InChI=1S/C19H17BrF3NO4/c1-3-28-16(26)7-6-15(25)17-18(27)13(20)9-14(24-17)12-5-4-11(8-10(12)2)19(21,22)23/h4-5,8-9,27H,3,6-7H2,1-2H3. The number of esters is 1. The first-order valence-corrected chi connectivity index (χ1v) is 9.10. The molecule has 0 aliphatic carbocycles. The normalized spacial score (nSPS) is 11.4. The first kappa shape index (κ1) is 21.9. The summed E-state index contributed by atoms with van der Waals surface area (Å²) in [7, 11) is 0. The highest BCUT2D eigenvalue weighted by Gasteiger charge is 2.31. The Morgan fingerprint density at radius 3 is 2.46 bits per heavy atom. The monoisotopic (exact) mass is 459 g/mol. The number of Topliss-reactive ketones (excluding diaryl/α,β-unsaturated/α-hetero) is 1. The fraction of sp³-hybridized carbons (Fsp3) is 0.316. The van der Waals surface area contributed by atoms with Gasteiger partial charge in [-0.1, -0.05) is 6.07 Å². The molecule has 1 aromatic heterocycles. The molecule has 2 aromatic rings. The minimum Gasteiger partial charge on any atom is -0.504 e. The molecule has 5 nitrogen and oxygen atoms in total. The Balaban J connectivity index is 2.38. The highest BCUT2D eigenvalue weighted by molar-refractivity contribution is 9.10. The molecule has 0 radical (unpaired) electrons. The van der Waals surface area contributed by atoms with Crippen LogP contribution in [0.2, 0.25) is 0 Å². The van der Waals surface area contributed by atoms with Crippen LogP contribution in [0, 0.1) is 6.92 Å². The third kappa shape index (κ3) is 5.09. The number of halogens is 4. The van der Waals surface area contributed by atoms with Gasteiger partial charge in [0.1, 0.15) is 5.69 Å². The fourth-order valence-corrected chi connectivity index (χ4v) is 2.94. The van der Waals surface area contributed by atoms with E-state index in [1.165, 1.54) is 19.1 Å². The summed E-state index contributed by atoms with van der Waals surface area (Å²) in [6.07, 6.45) is -4.86. The number of nitrogens with zero attached hydrogens (tertiary/aromatic N) is 1. The molecule has 0 amide bonds. The predicted molar refractivity (Wildman–Crippen MR) is 99.0 cm³/mol. The Hall–Kier alpha value is -2.42. The van der Waals surface area contributed by atoms with E-state index in [9.17, 15) is 27.9 Å². The molecule has 0 saturated carbocycles. The molecule has 0 unspecified atom stereocenters. The van der Waals surface area contributed by atoms with Crippen molar-refractivity contribution >= 4 is 27.7 Å². The van der Waals surface area contributed by atoms with Gasteiger partial charge in [0.05, 0.1) is 28.8 Å². The van der Waals surface area contributed by atoms with Crippen LogP contribution in [0.15, 0.2) is 28.7 Å². The molecule has 0 bridgehead atoms. The van der Waals surface area contributed by atoms with Crippen LogP contribution >= 0.6 is 15.9 Å². The van der Waals surface area contributed by atoms with Gasteiger partial charge in [0.25, 0.3) is 0 Å². The maximum absolute atomic E-state index is 12.9. The number of pyridine rings is 1. The number of aromatic hydroxyl groups is 1. The molecule has 0 saturated heterocycles. The molecule has 28 heavy (non-hydrogen) atoms. The molecule has 150 valence electrons. The summed E-state index contributed by atoms with van der Waals surface area (Å²) < 4.78 is 43.5. The fourth-order valence-electron chi connectivity index (χ4n) is 2.53. The zero-order valence-corrected chi connectivity index (χ0v) is 16.6. The number of aryl methyl sites for hydroxylation is 1. The first-order valence-electron chi connectivity index (χ1n) is 8.31. The van der Waals surface area contributed by atoms with Gasteiger partial charge in [0.15, 0.2) is 11.5 Å². The number of hydrogen-bond donors (Lipinski definition) is 1. The van der Waals surface area contributed by atoms with Gasteiger partial charge in [-0.3, -0.25) is 9.59 Å². The van der Waals surface area contributed by atoms with Crippen molar-refractivity contribution < 1.29 is 32.6 Å². The number of carbonyl (C=O) groups is 2. The van der Waals surface area contributed by atoms with E-state index < -0.39 is 29.2 Å². The van der Waals surface area contributed by atoms with Crippen molar-refractivity contribution in [3.63, 3.8) is 0 Å². The second-order valence-electron chi connectivity index (χ2n) is 5.94. The maximum atomic E-state index is 12.9. The van der Waals surface area contributed by atoms with Gasteiger partial charge in [0.2, 0.25) is 0 Å². The Kier molecular flexibility index (Phi) is 6.82. The summed E-state index contributed by atoms with van der Waals surface area (Å²) in [5.41, 5.74) is -0.154. The van der Waals surface area contributed by atoms with E-state index in [1.54, 1.807) is 6.92 Å². The van der Waals surface area contributed by atoms with Crippen molar-refractivity contribution in [1.82, 2.24) is 4.98 Å². The Morgan fingerprint density at radius 1 is 1.21 bits per heavy atom. The molecule has 0 atom stereocenters. The topological polar surface area (TPSA) is 76.5 Å². The third-order valence-corrected chi connectivity index (χ3v) is 4.51. The van der Waals surface area contributed by atoms with Crippen molar-refractivity contribution in [2.75, 3.05) is 6.61 Å². The van der Waals surface area contributed by atoms with Crippen LogP contribution in [0.4, 0.5) is 13.2 Å². The number of ether oxygens (including phenoxy) is 1. The highest BCUT2D eigenvalue weighted by atomic mass is 79.9. The summed E-state index contributed by atoms with van der Waals surface area (Å²) in [6.45, 7) is 3.32. The van der Waals surface area contributed by atoms with Crippen molar-refractivity contribution in [1.29, 1.82) is 0 Å². The van der Waals surface area contributed by atoms with Crippen LogP contribution in [0.5, 0.6) is 5.75 Å². The van der Waals surface area contributed by atoms with Gasteiger partial charge in [-0.05, 0) is 53.5 Å². The molecule has 0 spiro atoms. The number of hydrogen-bond acceptors (Lipinski definition) is 5. The van der Waals surface area contributed by atoms with Crippen LogP contribution in [-0.2, 0) is 15.7 Å². The lowest BCUT2D eigenvalue weighted by Crippen LogP contribution is -2.10. The van der Waals surface area contributed by atoms with Crippen molar-refractivity contribution in [3.8, 4) is 17.0 Å². The Morgan fingerprint density at radius 2 is 1.89 bits per heavy atom. The van der Waals surface area contributed by atoms with E-state index >= 15 is 0 Å². The minimum absolute atomic E-state index is 0.163. The van der Waals surface area contributed by atoms with Crippen LogP contribution < -0.4 is 0 Å². The van der Waals surface area contributed by atoms with E-state index in [0.717, 1.165) is 12.1 Å². The highest BCUT2D eigenvalue weighted by Crippen LogP contribution is 2.36. The average molecular weight is 460 g/mol. The predicted octanol–water partition coefficient (Wildman–Crippen LogP) is 5.07. The smallest absolute Gasteiger partial charge is 0.416 e. The molecule has 0 aliphatic rings. The van der Waals surface area contributed by atoms with Crippen LogP contribution in [0.3, 0.4) is 0 Å². The zero-order valence-electron chi connectivity index (χ0n) is 15.1. The number of carbonyl (C=O) groups excluding carboxylic acids is 2. The lowest BCUT2D eigenvalue weighted by molar-refractivity contribution is -0.143. The number of aromatic nitrogens is 1. The lowest BCUT2D eigenvalue weighted by atomic mass is 10.0. The molecule has 1 aromatic carbocycles. The van der Waals surface area contributed by atoms with Gasteiger partial charge in [-0.25, -0.2) is 4.98 Å². The third-order valence-electron chi connectivity index (χ3n) is 3.90. The Labute approximate surface area is 167 Å². The second kappa shape index (κ2) is 8.72. The summed E-state index contributed by atoms with van der Waals surface area (Å²) >= 11 is 3.12. The zero-order chi connectivity index (χ0) is 21.1. The number of benzene rings is 1. The van der Waals surface area contributed by atoms with Gasteiger partial charge in [-0.15, -0.1) is 0 Å². The van der Waals surface area contributed by atoms with Crippen molar-refractivity contribution in [2.24, 2.45) is 0 Å². The largest absolute Gasteiger partial charge is 0.504 e. The van der Waals surface area contributed by atoms with E-state index in [2.05, 4.69) is 20.9 Å². The average Bonchev–Trinajstić information content (AvgIpc) is 2.61. The molecule has 1 N–H and O–H groups in total.